The molecule has 252 valence electrons. The van der Waals surface area contributed by atoms with Gasteiger partial charge in [0.1, 0.15) is 0 Å². The van der Waals surface area contributed by atoms with Crippen LogP contribution in [0.1, 0.15) is 84.4 Å². The number of thiophene rings is 1. The number of hydrogen-bond acceptors (Lipinski definition) is 3. The first-order chi connectivity index (χ1) is 23.7. The first-order valence-electron chi connectivity index (χ1n) is 18.6. The van der Waals surface area contributed by atoms with Crippen molar-refractivity contribution < 1.29 is 0 Å². The van der Waals surface area contributed by atoms with Gasteiger partial charge in [-0.25, -0.2) is 0 Å². The van der Waals surface area contributed by atoms with Crippen LogP contribution in [0.4, 0.5) is 28.4 Å². The Kier molecular flexibility index (Phi) is 6.86. The van der Waals surface area contributed by atoms with Crippen molar-refractivity contribution in [1.82, 2.24) is 0 Å². The van der Waals surface area contributed by atoms with Gasteiger partial charge in [-0.15, -0.1) is 11.3 Å². The number of aryl methyl sites for hydroxylation is 2. The second kappa shape index (κ2) is 10.7. The van der Waals surface area contributed by atoms with Crippen molar-refractivity contribution in [2.24, 2.45) is 16.7 Å². The maximum atomic E-state index is 2.68. The summed E-state index contributed by atoms with van der Waals surface area (Å²) >= 11 is 2.03. The predicted octanol–water partition coefficient (Wildman–Crippen LogP) is 11.9. The molecule has 3 heterocycles. The average Bonchev–Trinajstić information content (AvgIpc) is 3.45. The summed E-state index contributed by atoms with van der Waals surface area (Å²) in [5.41, 5.74) is 17.2. The van der Waals surface area contributed by atoms with E-state index in [0.29, 0.717) is 5.92 Å². The average molecular weight is 673 g/mol. The molecular formula is C46H49BN2S. The van der Waals surface area contributed by atoms with Crippen molar-refractivity contribution in [2.75, 3.05) is 9.80 Å². The highest BCUT2D eigenvalue weighted by atomic mass is 32.1. The summed E-state index contributed by atoms with van der Waals surface area (Å²) in [7, 11) is 0. The van der Waals surface area contributed by atoms with E-state index < -0.39 is 0 Å². The lowest BCUT2D eigenvalue weighted by Gasteiger charge is -2.53. The minimum atomic E-state index is 0.0649. The van der Waals surface area contributed by atoms with Crippen LogP contribution in [0.25, 0.3) is 10.1 Å². The van der Waals surface area contributed by atoms with Gasteiger partial charge in [0.25, 0.3) is 6.71 Å². The lowest BCUT2D eigenvalue weighted by atomic mass is 9.33. The van der Waals surface area contributed by atoms with Crippen LogP contribution in [0, 0.1) is 30.6 Å². The minimum absolute atomic E-state index is 0.0649. The summed E-state index contributed by atoms with van der Waals surface area (Å²) in [6.45, 7) is 21.9. The van der Waals surface area contributed by atoms with Crippen LogP contribution in [0.15, 0.2) is 108 Å². The van der Waals surface area contributed by atoms with Crippen molar-refractivity contribution in [3.63, 3.8) is 0 Å². The fourth-order valence-corrected chi connectivity index (χ4v) is 10.9. The molecule has 1 atom stereocenters. The highest BCUT2D eigenvalue weighted by molar-refractivity contribution is 7.32. The van der Waals surface area contributed by atoms with E-state index in [0.717, 1.165) is 6.42 Å². The number of nitrogens with zero attached hydrogens (tertiary/aromatic N) is 2. The van der Waals surface area contributed by atoms with Crippen LogP contribution in [0.2, 0.25) is 0 Å². The number of hydrogen-bond donors (Lipinski definition) is 0. The van der Waals surface area contributed by atoms with Gasteiger partial charge in [0.2, 0.25) is 0 Å². The van der Waals surface area contributed by atoms with Gasteiger partial charge >= 0.3 is 0 Å². The summed E-state index contributed by atoms with van der Waals surface area (Å²) in [6.07, 6.45) is 6.28. The summed E-state index contributed by atoms with van der Waals surface area (Å²) in [5.74, 6) is 0.525. The normalized spacial score (nSPS) is 20.3. The standard InChI is InChI=1S/C46H49BN2S/c1-28-23-38-41-39(24-28)49(36-18-14-13-15-29(36)2)37-27-34-33(45(6,7)21-22-46(34,8)9)26-35(37)47(41)43-42(48(38)31-16-11-10-12-17-31)32-25-30(44(3,4)5)19-20-40(32)50-43/h10-20,23-25,27,33H,21-22,26H2,1-9H3. The van der Waals surface area contributed by atoms with Gasteiger partial charge in [-0.1, -0.05) is 102 Å². The molecule has 0 N–H and O–H groups in total. The summed E-state index contributed by atoms with van der Waals surface area (Å²) in [4.78, 5) is 5.27. The van der Waals surface area contributed by atoms with Crippen LogP contribution in [0.5, 0.6) is 0 Å². The highest BCUT2D eigenvalue weighted by Gasteiger charge is 2.52. The summed E-state index contributed by atoms with van der Waals surface area (Å²) < 4.78 is 2.87. The molecular weight excluding hydrogens is 623 g/mol. The molecule has 0 radical (unpaired) electrons. The van der Waals surface area contributed by atoms with Crippen LogP contribution in [-0.2, 0) is 5.41 Å². The third-order valence-electron chi connectivity index (χ3n) is 12.6. The smallest absolute Gasteiger partial charge is 0.260 e. The molecule has 5 aromatic rings. The zero-order valence-corrected chi connectivity index (χ0v) is 32.1. The Morgan fingerprint density at radius 3 is 2.20 bits per heavy atom. The Hall–Kier alpha value is -4.02. The van der Waals surface area contributed by atoms with E-state index in [2.05, 4.69) is 163 Å². The number of anilines is 5. The molecule has 1 aromatic heterocycles. The number of allylic oxidation sites excluding steroid dienone is 3. The van der Waals surface area contributed by atoms with Crippen LogP contribution in [-0.4, -0.2) is 6.71 Å². The molecule has 1 unspecified atom stereocenters. The van der Waals surface area contributed by atoms with Crippen LogP contribution < -0.4 is 20.0 Å². The quantitative estimate of drug-likeness (QED) is 0.172. The minimum Gasteiger partial charge on any atom is -0.311 e. The van der Waals surface area contributed by atoms with Crippen molar-refractivity contribution in [1.29, 1.82) is 0 Å². The SMILES string of the molecule is Cc1cc2c3c(c1)N(c1ccccc1)c1c(sc4ccc(C(C)(C)C)cc14)B3C1=C(C=C3C(C1)C(C)(C)CCC3(C)C)N2c1ccccc1C. The van der Waals surface area contributed by atoms with Crippen molar-refractivity contribution in [3.05, 3.63) is 124 Å². The van der Waals surface area contributed by atoms with Crippen LogP contribution >= 0.6 is 11.3 Å². The third-order valence-corrected chi connectivity index (χ3v) is 13.8. The second-order valence-electron chi connectivity index (χ2n) is 17.9. The Morgan fingerprint density at radius 1 is 0.780 bits per heavy atom. The van der Waals surface area contributed by atoms with Gasteiger partial charge in [-0.3, -0.25) is 0 Å². The predicted molar refractivity (Wildman–Crippen MR) is 218 cm³/mol. The fourth-order valence-electron chi connectivity index (χ4n) is 9.62. The molecule has 50 heavy (non-hydrogen) atoms. The van der Waals surface area contributed by atoms with Crippen LogP contribution in [0.3, 0.4) is 0 Å². The van der Waals surface area contributed by atoms with E-state index in [4.69, 9.17) is 0 Å². The highest BCUT2D eigenvalue weighted by Crippen LogP contribution is 2.59. The molecule has 0 spiro atoms. The fraction of sp³-hybridized carbons (Fsp3) is 0.348. The Labute approximate surface area is 303 Å². The number of benzene rings is 4. The van der Waals surface area contributed by atoms with Gasteiger partial charge in [0.15, 0.2) is 0 Å². The Morgan fingerprint density at radius 2 is 1.48 bits per heavy atom. The second-order valence-corrected chi connectivity index (χ2v) is 18.9. The number of fused-ring (bicyclic) bond motifs is 6. The van der Waals surface area contributed by atoms with Gasteiger partial charge in [-0.05, 0) is 126 Å². The van der Waals surface area contributed by atoms with Crippen molar-refractivity contribution in [3.8, 4) is 0 Å². The van der Waals surface area contributed by atoms with E-state index >= 15 is 0 Å². The molecule has 0 amide bonds. The van der Waals surface area contributed by atoms with E-state index in [1.54, 1.807) is 11.0 Å². The molecule has 0 bridgehead atoms. The molecule has 1 saturated carbocycles. The van der Waals surface area contributed by atoms with Crippen molar-refractivity contribution >= 4 is 66.8 Å². The zero-order chi connectivity index (χ0) is 34.9. The largest absolute Gasteiger partial charge is 0.311 e. The van der Waals surface area contributed by atoms with Gasteiger partial charge in [-0.2, -0.15) is 0 Å². The molecule has 1 fully saturated rings. The zero-order valence-electron chi connectivity index (χ0n) is 31.2. The lowest BCUT2D eigenvalue weighted by Crippen LogP contribution is -2.56. The van der Waals surface area contributed by atoms with Gasteiger partial charge < -0.3 is 9.80 Å². The molecule has 4 aromatic carbocycles. The number of para-hydroxylation sites is 2. The Bertz CT molecular complexity index is 2280. The maximum Gasteiger partial charge on any atom is 0.260 e. The molecule has 2 nitrogen and oxygen atoms in total. The third kappa shape index (κ3) is 4.60. The lowest BCUT2D eigenvalue weighted by molar-refractivity contribution is 0.122. The molecule has 2 aliphatic carbocycles. The van der Waals surface area contributed by atoms with Gasteiger partial charge in [0, 0.05) is 43.3 Å². The van der Waals surface area contributed by atoms with Gasteiger partial charge in [0.05, 0.1) is 5.69 Å². The topological polar surface area (TPSA) is 6.48 Å². The molecule has 4 heteroatoms. The molecule has 4 aliphatic rings. The first kappa shape index (κ1) is 31.9. The molecule has 9 rings (SSSR count). The van der Waals surface area contributed by atoms with E-state index in [1.807, 2.05) is 11.3 Å². The maximum absolute atomic E-state index is 2.68. The summed E-state index contributed by atoms with van der Waals surface area (Å²) in [5, 5.41) is 1.38. The van der Waals surface area contributed by atoms with E-state index in [9.17, 15) is 0 Å². The van der Waals surface area contributed by atoms with E-state index in [1.165, 1.54) is 84.0 Å². The summed E-state index contributed by atoms with van der Waals surface area (Å²) in [6, 6.07) is 32.4. The molecule has 0 saturated heterocycles. The number of rotatable bonds is 2. The molecule has 2 aliphatic heterocycles. The first-order valence-corrected chi connectivity index (χ1v) is 19.4. The monoisotopic (exact) mass is 672 g/mol. The van der Waals surface area contributed by atoms with Crippen molar-refractivity contribution in [2.45, 2.75) is 87.0 Å². The Balaban J connectivity index is 1.42. The van der Waals surface area contributed by atoms with E-state index in [-0.39, 0.29) is 23.0 Å².